The number of benzene rings is 3. The molecule has 1 saturated carbocycles. The van der Waals surface area contributed by atoms with Crippen LogP contribution in [0.25, 0.3) is 22.3 Å². The van der Waals surface area contributed by atoms with Gasteiger partial charge in [0.15, 0.2) is 0 Å². The average molecular weight is 556 g/mol. The predicted octanol–water partition coefficient (Wildman–Crippen LogP) is 4.52. The largest absolute Gasteiger partial charge is 0.488 e. The third kappa shape index (κ3) is 5.07. The van der Waals surface area contributed by atoms with Gasteiger partial charge in [0.05, 0.1) is 16.9 Å². The first-order valence-corrected chi connectivity index (χ1v) is 13.6. The first-order chi connectivity index (χ1) is 18.6. The molecule has 0 bridgehead atoms. The quantitative estimate of drug-likeness (QED) is 0.277. The molecule has 1 aliphatic carbocycles. The Morgan fingerprint density at radius 2 is 1.82 bits per heavy atom. The van der Waals surface area contributed by atoms with Crippen LogP contribution in [-0.2, 0) is 11.0 Å². The number of alkyl halides is 2. The third-order valence-electron chi connectivity index (χ3n) is 6.71. The smallest absolute Gasteiger partial charge is 0.455 e. The molecular formula is C27H24BF3N2O5S. The Balaban J connectivity index is 1.75. The second kappa shape index (κ2) is 10.5. The van der Waals surface area contributed by atoms with E-state index in [2.05, 4.69) is 5.32 Å². The fourth-order valence-corrected chi connectivity index (χ4v) is 5.59. The molecule has 39 heavy (non-hydrogen) atoms. The van der Waals surface area contributed by atoms with E-state index in [4.69, 9.17) is 4.42 Å². The minimum Gasteiger partial charge on any atom is -0.455 e. The summed E-state index contributed by atoms with van der Waals surface area (Å²) in [5, 5.41) is 22.2. The van der Waals surface area contributed by atoms with Gasteiger partial charge in [-0.15, -0.1) is 0 Å². The summed E-state index contributed by atoms with van der Waals surface area (Å²) in [6.07, 6.45) is 0.0921. The summed E-state index contributed by atoms with van der Waals surface area (Å²) in [6, 6.07) is 12.6. The lowest BCUT2D eigenvalue weighted by atomic mass is 9.77. The van der Waals surface area contributed by atoms with Gasteiger partial charge in [-0.1, -0.05) is 6.07 Å². The second-order valence-electron chi connectivity index (χ2n) is 9.28. The number of carbonyl (C=O) groups is 1. The van der Waals surface area contributed by atoms with Gasteiger partial charge >= 0.3 is 7.12 Å². The highest BCUT2D eigenvalue weighted by Crippen LogP contribution is 2.49. The highest BCUT2D eigenvalue weighted by molar-refractivity contribution is 7.86. The van der Waals surface area contributed by atoms with Crippen LogP contribution in [-0.4, -0.2) is 40.6 Å². The minimum absolute atomic E-state index is 0.0882. The SMILES string of the molecule is CNC(=O)c1c(-c2ccc(F)cc2)oc2cc(N(c3ccc(B(O)O)c(C(F)F)c3)S(C)=O)c(C3CC3)cc12. The molecule has 1 fully saturated rings. The van der Waals surface area contributed by atoms with Gasteiger partial charge in [-0.2, -0.15) is 0 Å². The van der Waals surface area contributed by atoms with Gasteiger partial charge < -0.3 is 19.8 Å². The van der Waals surface area contributed by atoms with Crippen molar-refractivity contribution in [3.63, 3.8) is 0 Å². The van der Waals surface area contributed by atoms with Crippen molar-refractivity contribution in [1.29, 1.82) is 0 Å². The van der Waals surface area contributed by atoms with Gasteiger partial charge in [0.1, 0.15) is 28.1 Å². The van der Waals surface area contributed by atoms with Gasteiger partial charge in [-0.05, 0) is 72.3 Å². The number of carbonyl (C=O) groups excluding carboxylic acids is 1. The van der Waals surface area contributed by atoms with Crippen LogP contribution in [0, 0.1) is 5.82 Å². The monoisotopic (exact) mass is 556 g/mol. The Hall–Kier alpha value is -3.61. The van der Waals surface area contributed by atoms with E-state index in [9.17, 15) is 32.2 Å². The molecule has 1 unspecified atom stereocenters. The van der Waals surface area contributed by atoms with Crippen molar-refractivity contribution in [3.05, 3.63) is 77.1 Å². The van der Waals surface area contributed by atoms with Crippen LogP contribution in [0.4, 0.5) is 24.5 Å². The zero-order valence-corrected chi connectivity index (χ0v) is 21.8. The van der Waals surface area contributed by atoms with Crippen molar-refractivity contribution in [1.82, 2.24) is 5.32 Å². The van der Waals surface area contributed by atoms with Crippen LogP contribution < -0.4 is 15.1 Å². The van der Waals surface area contributed by atoms with E-state index in [1.54, 1.807) is 12.1 Å². The maximum absolute atomic E-state index is 13.8. The third-order valence-corrected chi connectivity index (χ3v) is 7.63. The normalized spacial score (nSPS) is 14.1. The number of nitrogens with one attached hydrogen (secondary N) is 1. The summed E-state index contributed by atoms with van der Waals surface area (Å²) in [5.74, 6) is -0.532. The molecule has 3 N–H and O–H groups in total. The second-order valence-corrected chi connectivity index (χ2v) is 10.5. The Morgan fingerprint density at radius 3 is 2.38 bits per heavy atom. The molecule has 1 aromatic heterocycles. The van der Waals surface area contributed by atoms with E-state index in [0.29, 0.717) is 22.2 Å². The van der Waals surface area contributed by atoms with Gasteiger partial charge in [0.2, 0.25) is 0 Å². The van der Waals surface area contributed by atoms with Gasteiger partial charge in [0, 0.05) is 35.9 Å². The number of nitrogens with zero attached hydrogens (tertiary/aromatic N) is 1. The molecule has 1 atom stereocenters. The number of rotatable bonds is 8. The maximum atomic E-state index is 13.8. The van der Waals surface area contributed by atoms with Crippen LogP contribution in [0.3, 0.4) is 0 Å². The van der Waals surface area contributed by atoms with Gasteiger partial charge in [-0.25, -0.2) is 17.4 Å². The fraction of sp³-hybridized carbons (Fsp3) is 0.222. The molecule has 0 aliphatic heterocycles. The number of anilines is 2. The molecular weight excluding hydrogens is 532 g/mol. The lowest BCUT2D eigenvalue weighted by molar-refractivity contribution is 0.0964. The lowest BCUT2D eigenvalue weighted by Crippen LogP contribution is -2.33. The summed E-state index contributed by atoms with van der Waals surface area (Å²) in [6.45, 7) is 0. The number of amides is 1. The topological polar surface area (TPSA) is 103 Å². The van der Waals surface area contributed by atoms with Crippen LogP contribution in [0.5, 0.6) is 0 Å². The summed E-state index contributed by atoms with van der Waals surface area (Å²) >= 11 is 0. The summed E-state index contributed by atoms with van der Waals surface area (Å²) < 4.78 is 61.8. The molecule has 1 heterocycles. The van der Waals surface area contributed by atoms with E-state index in [-0.39, 0.29) is 28.4 Å². The van der Waals surface area contributed by atoms with E-state index < -0.39 is 41.8 Å². The molecule has 7 nitrogen and oxygen atoms in total. The molecule has 12 heteroatoms. The van der Waals surface area contributed by atoms with Gasteiger partial charge in [-0.3, -0.25) is 9.10 Å². The minimum atomic E-state index is -3.00. The maximum Gasteiger partial charge on any atom is 0.488 e. The number of hydrogen-bond acceptors (Lipinski definition) is 5. The van der Waals surface area contributed by atoms with Crippen LogP contribution >= 0.6 is 0 Å². The average Bonchev–Trinajstić information content (AvgIpc) is 3.68. The molecule has 1 aliphatic rings. The molecule has 0 saturated heterocycles. The lowest BCUT2D eigenvalue weighted by Gasteiger charge is -2.26. The Bertz CT molecular complexity index is 1590. The zero-order valence-electron chi connectivity index (χ0n) is 21.0. The highest BCUT2D eigenvalue weighted by atomic mass is 32.2. The summed E-state index contributed by atoms with van der Waals surface area (Å²) in [7, 11) is -2.34. The van der Waals surface area contributed by atoms with Crippen LogP contribution in [0.2, 0.25) is 0 Å². The van der Waals surface area contributed by atoms with Crippen molar-refractivity contribution in [3.8, 4) is 11.3 Å². The fourth-order valence-electron chi connectivity index (χ4n) is 4.74. The number of hydrogen-bond donors (Lipinski definition) is 3. The number of fused-ring (bicyclic) bond motifs is 1. The van der Waals surface area contributed by atoms with Crippen molar-refractivity contribution in [2.24, 2.45) is 0 Å². The van der Waals surface area contributed by atoms with E-state index >= 15 is 0 Å². The van der Waals surface area contributed by atoms with Gasteiger partial charge in [0.25, 0.3) is 12.3 Å². The Labute approximate surface area is 225 Å². The van der Waals surface area contributed by atoms with E-state index in [0.717, 1.165) is 24.5 Å². The zero-order chi connectivity index (χ0) is 28.0. The molecule has 0 spiro atoms. The highest BCUT2D eigenvalue weighted by Gasteiger charge is 2.33. The van der Waals surface area contributed by atoms with Crippen molar-refractivity contribution < 1.29 is 36.6 Å². The van der Waals surface area contributed by atoms with Crippen molar-refractivity contribution >= 4 is 51.8 Å². The molecule has 202 valence electrons. The number of halogens is 3. The van der Waals surface area contributed by atoms with Crippen molar-refractivity contribution in [2.75, 3.05) is 17.6 Å². The Morgan fingerprint density at radius 1 is 1.13 bits per heavy atom. The van der Waals surface area contributed by atoms with E-state index in [1.807, 2.05) is 0 Å². The first-order valence-electron chi connectivity index (χ1n) is 12.1. The van der Waals surface area contributed by atoms with Crippen LogP contribution in [0.1, 0.15) is 46.7 Å². The predicted molar refractivity (Wildman–Crippen MR) is 144 cm³/mol. The van der Waals surface area contributed by atoms with Crippen LogP contribution in [0.15, 0.2) is 59.0 Å². The molecule has 5 rings (SSSR count). The summed E-state index contributed by atoms with van der Waals surface area (Å²) in [4.78, 5) is 13.0. The standard InChI is InChI=1S/C27H24BF3N2O5S/c1-32-27(34)24-20-12-18(14-3-4-14)22(13-23(20)38-25(24)15-5-7-16(29)8-6-15)33(39(2)37)17-9-10-21(28(35)36)19(11-17)26(30)31/h5-14,26,35-36H,3-4H2,1-2H3,(H,32,34). The molecule has 4 aromatic rings. The summed E-state index contributed by atoms with van der Waals surface area (Å²) in [5.41, 5.74) is 1.47. The first kappa shape index (κ1) is 27.0. The van der Waals surface area contributed by atoms with Crippen molar-refractivity contribution in [2.45, 2.75) is 25.2 Å². The Kier molecular flexibility index (Phi) is 7.28. The molecule has 1 amide bonds. The number of furan rings is 1. The molecule has 3 aromatic carbocycles. The molecule has 0 radical (unpaired) electrons. The van der Waals surface area contributed by atoms with E-state index in [1.165, 1.54) is 54.0 Å².